The number of Topliss-reactive ketones (excluding diaryl/α,β-unsaturated/α-hetero) is 1. The molecule has 0 unspecified atom stereocenters. The molecule has 4 nitrogen and oxygen atoms in total. The summed E-state index contributed by atoms with van der Waals surface area (Å²) in [6.45, 7) is 4.21. The maximum Gasteiger partial charge on any atom is 0.306 e. The lowest BCUT2D eigenvalue weighted by Crippen LogP contribution is -2.37. The summed E-state index contributed by atoms with van der Waals surface area (Å²) >= 11 is 3.43. The zero-order valence-electron chi connectivity index (χ0n) is 12.1. The molecule has 21 heavy (non-hydrogen) atoms. The molecular weight excluding hydrogens is 334 g/mol. The van der Waals surface area contributed by atoms with Gasteiger partial charge in [-0.1, -0.05) is 22.0 Å². The Balaban J connectivity index is 1.82. The van der Waals surface area contributed by atoms with Crippen LogP contribution in [0.25, 0.3) is 0 Å². The van der Waals surface area contributed by atoms with Crippen LogP contribution >= 0.6 is 15.9 Å². The van der Waals surface area contributed by atoms with Gasteiger partial charge in [0.2, 0.25) is 0 Å². The Labute approximate surface area is 133 Å². The van der Waals surface area contributed by atoms with Crippen LogP contribution in [0.2, 0.25) is 0 Å². The van der Waals surface area contributed by atoms with Gasteiger partial charge < -0.3 is 10.0 Å². The fourth-order valence-electron chi connectivity index (χ4n) is 2.63. The minimum atomic E-state index is -0.698. The second kappa shape index (κ2) is 7.18. The lowest BCUT2D eigenvalue weighted by molar-refractivity contribution is -0.143. The first-order valence-corrected chi connectivity index (χ1v) is 8.01. The number of hydrogen-bond donors (Lipinski definition) is 1. The van der Waals surface area contributed by atoms with Crippen molar-refractivity contribution in [2.24, 2.45) is 5.92 Å². The van der Waals surface area contributed by atoms with Gasteiger partial charge in [0.25, 0.3) is 0 Å². The Bertz CT molecular complexity index is 536. The van der Waals surface area contributed by atoms with Crippen molar-refractivity contribution in [2.45, 2.75) is 26.2 Å². The van der Waals surface area contributed by atoms with Crippen LogP contribution in [0.4, 0.5) is 0 Å². The summed E-state index contributed by atoms with van der Waals surface area (Å²) < 4.78 is 1.01. The SMILES string of the molecule is Cc1cc(C(=O)CCN2CCC(C(=O)O)CC2)ccc1Br. The van der Waals surface area contributed by atoms with E-state index >= 15 is 0 Å². The molecule has 0 bridgehead atoms. The van der Waals surface area contributed by atoms with Gasteiger partial charge in [-0.05, 0) is 50.6 Å². The number of nitrogens with zero attached hydrogens (tertiary/aromatic N) is 1. The van der Waals surface area contributed by atoms with Gasteiger partial charge in [-0.25, -0.2) is 0 Å². The van der Waals surface area contributed by atoms with E-state index in [-0.39, 0.29) is 11.7 Å². The molecule has 1 heterocycles. The highest BCUT2D eigenvalue weighted by atomic mass is 79.9. The molecule has 0 atom stereocenters. The number of benzene rings is 1. The summed E-state index contributed by atoms with van der Waals surface area (Å²) in [6.07, 6.45) is 1.85. The van der Waals surface area contributed by atoms with Crippen LogP contribution in [0.5, 0.6) is 0 Å². The number of rotatable bonds is 5. The van der Waals surface area contributed by atoms with Gasteiger partial charge in [-0.15, -0.1) is 0 Å². The topological polar surface area (TPSA) is 57.6 Å². The Morgan fingerprint density at radius 2 is 2.00 bits per heavy atom. The quantitative estimate of drug-likeness (QED) is 0.826. The van der Waals surface area contributed by atoms with Gasteiger partial charge in [0, 0.05) is 23.0 Å². The van der Waals surface area contributed by atoms with Crippen LogP contribution < -0.4 is 0 Å². The van der Waals surface area contributed by atoms with E-state index < -0.39 is 5.97 Å². The Morgan fingerprint density at radius 3 is 2.57 bits per heavy atom. The molecule has 1 aliphatic heterocycles. The van der Waals surface area contributed by atoms with Crippen LogP contribution in [0.3, 0.4) is 0 Å². The zero-order chi connectivity index (χ0) is 15.4. The van der Waals surface area contributed by atoms with E-state index in [0.717, 1.165) is 28.7 Å². The number of carboxylic acid groups (broad SMARTS) is 1. The summed E-state index contributed by atoms with van der Waals surface area (Å²) in [5.41, 5.74) is 1.80. The van der Waals surface area contributed by atoms with Gasteiger partial charge in [0.05, 0.1) is 5.92 Å². The van der Waals surface area contributed by atoms with E-state index in [9.17, 15) is 9.59 Å². The average molecular weight is 354 g/mol. The highest BCUT2D eigenvalue weighted by Crippen LogP contribution is 2.20. The van der Waals surface area contributed by atoms with Gasteiger partial charge >= 0.3 is 5.97 Å². The third-order valence-corrected chi connectivity index (χ3v) is 4.96. The standard InChI is InChI=1S/C16H20BrNO3/c1-11-10-13(2-3-14(11)17)15(19)6-9-18-7-4-12(5-8-18)16(20)21/h2-3,10,12H,4-9H2,1H3,(H,20,21). The predicted molar refractivity (Wildman–Crippen MR) is 84.6 cm³/mol. The minimum Gasteiger partial charge on any atom is -0.481 e. The van der Waals surface area contributed by atoms with Gasteiger partial charge in [-0.3, -0.25) is 9.59 Å². The predicted octanol–water partition coefficient (Wildman–Crippen LogP) is 3.13. The monoisotopic (exact) mass is 353 g/mol. The molecular formula is C16H20BrNO3. The normalized spacial score (nSPS) is 16.9. The average Bonchev–Trinajstić information content (AvgIpc) is 2.48. The first kappa shape index (κ1) is 16.2. The molecule has 0 amide bonds. The summed E-state index contributed by atoms with van der Waals surface area (Å²) in [4.78, 5) is 25.3. The van der Waals surface area contributed by atoms with Crippen molar-refractivity contribution in [1.82, 2.24) is 4.90 Å². The van der Waals surface area contributed by atoms with Crippen LogP contribution in [-0.2, 0) is 4.79 Å². The van der Waals surface area contributed by atoms with Crippen LogP contribution in [0, 0.1) is 12.8 Å². The smallest absolute Gasteiger partial charge is 0.306 e. The molecule has 5 heteroatoms. The molecule has 0 spiro atoms. The van der Waals surface area contributed by atoms with Crippen molar-refractivity contribution in [3.8, 4) is 0 Å². The third-order valence-electron chi connectivity index (χ3n) is 4.07. The molecule has 0 saturated carbocycles. The number of piperidine rings is 1. The fraction of sp³-hybridized carbons (Fsp3) is 0.500. The number of carboxylic acids is 1. The molecule has 1 saturated heterocycles. The number of carbonyl (C=O) groups is 2. The van der Waals surface area contributed by atoms with E-state index in [1.54, 1.807) is 0 Å². The number of hydrogen-bond acceptors (Lipinski definition) is 3. The summed E-state index contributed by atoms with van der Waals surface area (Å²) in [5, 5.41) is 8.96. The van der Waals surface area contributed by atoms with Gasteiger partial charge in [-0.2, -0.15) is 0 Å². The molecule has 2 rings (SSSR count). The van der Waals surface area contributed by atoms with E-state index in [0.29, 0.717) is 25.8 Å². The van der Waals surface area contributed by atoms with Crippen molar-refractivity contribution in [3.63, 3.8) is 0 Å². The molecule has 0 aromatic heterocycles. The molecule has 1 aliphatic rings. The first-order chi connectivity index (χ1) is 9.97. The van der Waals surface area contributed by atoms with Crippen molar-refractivity contribution < 1.29 is 14.7 Å². The van der Waals surface area contributed by atoms with Crippen molar-refractivity contribution in [3.05, 3.63) is 33.8 Å². The summed E-state index contributed by atoms with van der Waals surface area (Å²) in [7, 11) is 0. The molecule has 1 aromatic carbocycles. The van der Waals surface area contributed by atoms with Crippen LogP contribution in [0.1, 0.15) is 35.2 Å². The molecule has 1 fully saturated rings. The lowest BCUT2D eigenvalue weighted by atomic mass is 9.97. The van der Waals surface area contributed by atoms with Gasteiger partial charge in [0.1, 0.15) is 0 Å². The van der Waals surface area contributed by atoms with E-state index in [1.807, 2.05) is 25.1 Å². The van der Waals surface area contributed by atoms with Crippen LogP contribution in [-0.4, -0.2) is 41.4 Å². The highest BCUT2D eigenvalue weighted by molar-refractivity contribution is 9.10. The second-order valence-electron chi connectivity index (χ2n) is 5.59. The molecule has 114 valence electrons. The first-order valence-electron chi connectivity index (χ1n) is 7.22. The molecule has 0 radical (unpaired) electrons. The Kier molecular flexibility index (Phi) is 5.53. The minimum absolute atomic E-state index is 0.144. The maximum atomic E-state index is 12.2. The highest BCUT2D eigenvalue weighted by Gasteiger charge is 2.24. The number of halogens is 1. The number of ketones is 1. The molecule has 1 N–H and O–H groups in total. The Hall–Kier alpha value is -1.20. The lowest BCUT2D eigenvalue weighted by Gasteiger charge is -2.29. The van der Waals surface area contributed by atoms with E-state index in [2.05, 4.69) is 20.8 Å². The van der Waals surface area contributed by atoms with Crippen molar-refractivity contribution >= 4 is 27.7 Å². The molecule has 0 aliphatic carbocycles. The van der Waals surface area contributed by atoms with Crippen LogP contribution in [0.15, 0.2) is 22.7 Å². The van der Waals surface area contributed by atoms with Gasteiger partial charge in [0.15, 0.2) is 5.78 Å². The number of aliphatic carboxylic acids is 1. The Morgan fingerprint density at radius 1 is 1.33 bits per heavy atom. The van der Waals surface area contributed by atoms with Crippen molar-refractivity contribution in [1.29, 1.82) is 0 Å². The zero-order valence-corrected chi connectivity index (χ0v) is 13.7. The number of aryl methyl sites for hydroxylation is 1. The number of carbonyl (C=O) groups excluding carboxylic acids is 1. The largest absolute Gasteiger partial charge is 0.481 e. The maximum absolute atomic E-state index is 12.2. The summed E-state index contributed by atoms with van der Waals surface area (Å²) in [6, 6.07) is 5.65. The second-order valence-corrected chi connectivity index (χ2v) is 6.45. The summed E-state index contributed by atoms with van der Waals surface area (Å²) in [5.74, 6) is -0.770. The van der Waals surface area contributed by atoms with Crippen molar-refractivity contribution in [2.75, 3.05) is 19.6 Å². The van der Waals surface area contributed by atoms with E-state index in [1.165, 1.54) is 0 Å². The number of likely N-dealkylation sites (tertiary alicyclic amines) is 1. The molecule has 1 aromatic rings. The fourth-order valence-corrected chi connectivity index (χ4v) is 2.87. The van der Waals surface area contributed by atoms with E-state index in [4.69, 9.17) is 5.11 Å². The third kappa shape index (κ3) is 4.38.